The fourth-order valence-electron chi connectivity index (χ4n) is 5.22. The highest BCUT2D eigenvalue weighted by Crippen LogP contribution is 2.52. The third kappa shape index (κ3) is 5.39. The number of carbonyl (C=O) groups is 1. The smallest absolute Gasteiger partial charge is 0.321 e. The molecule has 1 saturated heterocycles. The van der Waals surface area contributed by atoms with Crippen LogP contribution in [0.2, 0.25) is 0 Å². The molecule has 0 bridgehead atoms. The van der Waals surface area contributed by atoms with Gasteiger partial charge >= 0.3 is 5.97 Å². The molecule has 194 valence electrons. The van der Waals surface area contributed by atoms with E-state index >= 15 is 0 Å². The summed E-state index contributed by atoms with van der Waals surface area (Å²) >= 11 is 0. The van der Waals surface area contributed by atoms with Gasteiger partial charge in [-0.15, -0.1) is 0 Å². The van der Waals surface area contributed by atoms with Crippen molar-refractivity contribution < 1.29 is 23.4 Å². The molecule has 0 spiro atoms. The van der Waals surface area contributed by atoms with Gasteiger partial charge in [-0.1, -0.05) is 54.6 Å². The van der Waals surface area contributed by atoms with Gasteiger partial charge in [-0.25, -0.2) is 4.39 Å². The molecule has 3 unspecified atom stereocenters. The zero-order valence-electron chi connectivity index (χ0n) is 21.3. The summed E-state index contributed by atoms with van der Waals surface area (Å²) < 4.78 is 30.5. The Bertz CT molecular complexity index is 1180. The number of nitrogens with zero attached hydrogens (tertiary/aromatic N) is 2. The van der Waals surface area contributed by atoms with E-state index in [9.17, 15) is 9.18 Å². The van der Waals surface area contributed by atoms with Crippen LogP contribution >= 0.6 is 0 Å². The second kappa shape index (κ2) is 11.0. The predicted octanol–water partition coefficient (Wildman–Crippen LogP) is 4.55. The van der Waals surface area contributed by atoms with Crippen LogP contribution in [0.1, 0.15) is 29.3 Å². The summed E-state index contributed by atoms with van der Waals surface area (Å²) in [6.45, 7) is 3.90. The van der Waals surface area contributed by atoms with E-state index in [2.05, 4.69) is 9.80 Å². The van der Waals surface area contributed by atoms with E-state index in [1.165, 1.54) is 12.1 Å². The van der Waals surface area contributed by atoms with E-state index in [-0.39, 0.29) is 17.9 Å². The Hall–Kier alpha value is -3.26. The van der Waals surface area contributed by atoms with Gasteiger partial charge in [0.1, 0.15) is 17.0 Å². The molecule has 0 amide bonds. The van der Waals surface area contributed by atoms with Gasteiger partial charge in [0, 0.05) is 45.4 Å². The molecular weight excluding hydrogens is 471 g/mol. The third-order valence-corrected chi connectivity index (χ3v) is 7.51. The van der Waals surface area contributed by atoms with Gasteiger partial charge in [-0.2, -0.15) is 0 Å². The summed E-state index contributed by atoms with van der Waals surface area (Å²) in [5, 5.41) is 0. The lowest BCUT2D eigenvalue weighted by atomic mass is 9.95. The second-order valence-corrected chi connectivity index (χ2v) is 9.74. The van der Waals surface area contributed by atoms with Gasteiger partial charge in [0.15, 0.2) is 6.23 Å². The SMILES string of the molecule is COc1ccc(C2(C(=O)OC(c3ccccc3)N3CCN(Cc4ccc(F)cc4)CC3)CC2OC)cc1. The molecule has 5 rings (SSSR count). The van der Waals surface area contributed by atoms with Gasteiger partial charge in [-0.05, 0) is 41.8 Å². The minimum atomic E-state index is -0.821. The van der Waals surface area contributed by atoms with E-state index in [0.29, 0.717) is 6.42 Å². The van der Waals surface area contributed by atoms with Crippen LogP contribution in [0.15, 0.2) is 78.9 Å². The van der Waals surface area contributed by atoms with Gasteiger partial charge in [-0.3, -0.25) is 14.6 Å². The van der Waals surface area contributed by atoms with Crippen LogP contribution in [0.3, 0.4) is 0 Å². The average Bonchev–Trinajstić information content (AvgIpc) is 3.70. The van der Waals surface area contributed by atoms with Crippen molar-refractivity contribution in [1.29, 1.82) is 0 Å². The molecule has 1 aliphatic carbocycles. The monoisotopic (exact) mass is 504 g/mol. The summed E-state index contributed by atoms with van der Waals surface area (Å²) in [6.07, 6.45) is -0.131. The first-order chi connectivity index (χ1) is 18.0. The van der Waals surface area contributed by atoms with Crippen molar-refractivity contribution in [2.45, 2.75) is 30.7 Å². The van der Waals surface area contributed by atoms with Crippen LogP contribution in [0.4, 0.5) is 4.39 Å². The van der Waals surface area contributed by atoms with Crippen molar-refractivity contribution in [3.05, 3.63) is 101 Å². The molecule has 6 nitrogen and oxygen atoms in total. The van der Waals surface area contributed by atoms with Gasteiger partial charge in [0.25, 0.3) is 0 Å². The van der Waals surface area contributed by atoms with Crippen molar-refractivity contribution >= 4 is 5.97 Å². The number of halogens is 1. The van der Waals surface area contributed by atoms with Crippen LogP contribution in [-0.4, -0.2) is 62.3 Å². The van der Waals surface area contributed by atoms with Gasteiger partial charge < -0.3 is 14.2 Å². The number of rotatable bonds is 9. The van der Waals surface area contributed by atoms with E-state index in [4.69, 9.17) is 14.2 Å². The van der Waals surface area contributed by atoms with Crippen LogP contribution in [0.5, 0.6) is 5.75 Å². The normalized spacial score (nSPS) is 22.8. The first-order valence-electron chi connectivity index (χ1n) is 12.7. The number of benzene rings is 3. The maximum absolute atomic E-state index is 13.8. The lowest BCUT2D eigenvalue weighted by Gasteiger charge is -2.39. The zero-order valence-corrected chi connectivity index (χ0v) is 21.3. The minimum absolute atomic E-state index is 0.222. The van der Waals surface area contributed by atoms with Crippen molar-refractivity contribution in [3.8, 4) is 5.75 Å². The molecule has 37 heavy (non-hydrogen) atoms. The van der Waals surface area contributed by atoms with Gasteiger partial charge in [0.2, 0.25) is 0 Å². The molecule has 3 atom stereocenters. The molecular formula is C30H33FN2O4. The Kier molecular flexibility index (Phi) is 7.55. The minimum Gasteiger partial charge on any atom is -0.497 e. The lowest BCUT2D eigenvalue weighted by molar-refractivity contribution is -0.167. The summed E-state index contributed by atoms with van der Waals surface area (Å²) in [6, 6.07) is 24.1. The number of carbonyl (C=O) groups excluding carboxylic acids is 1. The Morgan fingerprint density at radius 2 is 1.62 bits per heavy atom. The third-order valence-electron chi connectivity index (χ3n) is 7.51. The quantitative estimate of drug-likeness (QED) is 0.399. The standard InChI is InChI=1S/C30H33FN2O4/c1-35-26-14-10-24(11-15-26)30(20-27(30)36-2)29(34)37-28(23-6-4-3-5-7-23)33-18-16-32(17-19-33)21-22-8-12-25(31)13-9-22/h3-15,27-28H,16-21H2,1-2H3. The molecule has 0 N–H and O–H groups in total. The molecule has 1 aliphatic heterocycles. The number of hydrogen-bond acceptors (Lipinski definition) is 6. The Morgan fingerprint density at radius 1 is 0.946 bits per heavy atom. The number of esters is 1. The number of piperazine rings is 1. The largest absolute Gasteiger partial charge is 0.497 e. The molecule has 3 aromatic rings. The topological polar surface area (TPSA) is 51.2 Å². The first-order valence-corrected chi connectivity index (χ1v) is 12.7. The Labute approximate surface area is 217 Å². The van der Waals surface area contributed by atoms with E-state index < -0.39 is 11.6 Å². The maximum Gasteiger partial charge on any atom is 0.321 e. The molecule has 2 aliphatic rings. The van der Waals surface area contributed by atoms with Crippen LogP contribution in [0, 0.1) is 5.82 Å². The molecule has 0 aromatic heterocycles. The summed E-state index contributed by atoms with van der Waals surface area (Å²) in [5.74, 6) is 0.245. The molecule has 0 radical (unpaired) electrons. The number of methoxy groups -OCH3 is 2. The highest BCUT2D eigenvalue weighted by atomic mass is 19.1. The molecule has 1 heterocycles. The highest BCUT2D eigenvalue weighted by molar-refractivity contribution is 5.88. The molecule has 3 aromatic carbocycles. The van der Waals surface area contributed by atoms with Crippen LogP contribution < -0.4 is 4.74 Å². The summed E-state index contributed by atoms with van der Waals surface area (Å²) in [4.78, 5) is 18.4. The molecule has 1 saturated carbocycles. The highest BCUT2D eigenvalue weighted by Gasteiger charge is 2.64. The average molecular weight is 505 g/mol. The molecule has 2 fully saturated rings. The van der Waals surface area contributed by atoms with Crippen LogP contribution in [0.25, 0.3) is 0 Å². The Balaban J connectivity index is 1.31. The predicted molar refractivity (Wildman–Crippen MR) is 139 cm³/mol. The summed E-state index contributed by atoms with van der Waals surface area (Å²) in [7, 11) is 3.26. The van der Waals surface area contributed by atoms with Crippen molar-refractivity contribution in [1.82, 2.24) is 9.80 Å². The fourth-order valence-corrected chi connectivity index (χ4v) is 5.22. The molecule has 7 heteroatoms. The van der Waals surface area contributed by atoms with Crippen molar-refractivity contribution in [2.24, 2.45) is 0 Å². The zero-order chi connectivity index (χ0) is 25.8. The summed E-state index contributed by atoms with van der Waals surface area (Å²) in [5.41, 5.74) is 2.09. The second-order valence-electron chi connectivity index (χ2n) is 9.74. The maximum atomic E-state index is 13.8. The van der Waals surface area contributed by atoms with E-state index in [1.54, 1.807) is 14.2 Å². The number of hydrogen-bond donors (Lipinski definition) is 0. The van der Waals surface area contributed by atoms with Crippen LogP contribution in [-0.2, 0) is 26.2 Å². The Morgan fingerprint density at radius 3 is 2.22 bits per heavy atom. The van der Waals surface area contributed by atoms with E-state index in [1.807, 2.05) is 66.7 Å². The fraction of sp³-hybridized carbons (Fsp3) is 0.367. The van der Waals surface area contributed by atoms with Crippen molar-refractivity contribution in [3.63, 3.8) is 0 Å². The lowest BCUT2D eigenvalue weighted by Crippen LogP contribution is -2.48. The van der Waals surface area contributed by atoms with E-state index in [0.717, 1.165) is 55.2 Å². The van der Waals surface area contributed by atoms with Gasteiger partial charge in [0.05, 0.1) is 13.2 Å². The van der Waals surface area contributed by atoms with Crippen molar-refractivity contribution in [2.75, 3.05) is 40.4 Å². The number of ether oxygens (including phenoxy) is 3. The first kappa shape index (κ1) is 25.4.